The van der Waals surface area contributed by atoms with Gasteiger partial charge in [-0.15, -0.1) is 0 Å². The second kappa shape index (κ2) is 11.7. The highest BCUT2D eigenvalue weighted by atomic mass is 16.5. The third-order valence-corrected chi connectivity index (χ3v) is 4.39. The normalized spacial score (nSPS) is 15.8. The van der Waals surface area contributed by atoms with Crippen LogP contribution in [-0.4, -0.2) is 50.8 Å². The van der Waals surface area contributed by atoms with Crippen molar-refractivity contribution >= 4 is 11.8 Å². The van der Waals surface area contributed by atoms with Gasteiger partial charge in [-0.25, -0.2) is 4.98 Å². The van der Waals surface area contributed by atoms with Gasteiger partial charge >= 0.3 is 0 Å². The fourth-order valence-corrected chi connectivity index (χ4v) is 2.98. The molecular formula is C19H33N5O. The summed E-state index contributed by atoms with van der Waals surface area (Å²) in [6.07, 6.45) is 8.09. The number of pyridine rings is 1. The van der Waals surface area contributed by atoms with E-state index in [0.717, 1.165) is 57.6 Å². The van der Waals surface area contributed by atoms with Crippen LogP contribution in [0.25, 0.3) is 0 Å². The summed E-state index contributed by atoms with van der Waals surface area (Å²) in [5, 5.41) is 6.69. The molecule has 2 N–H and O–H groups in total. The van der Waals surface area contributed by atoms with Gasteiger partial charge in [-0.05, 0) is 43.9 Å². The van der Waals surface area contributed by atoms with E-state index in [4.69, 9.17) is 4.74 Å². The summed E-state index contributed by atoms with van der Waals surface area (Å²) < 4.78 is 5.35. The zero-order valence-corrected chi connectivity index (χ0v) is 15.8. The lowest BCUT2D eigenvalue weighted by molar-refractivity contribution is 0.145. The Morgan fingerprint density at radius 2 is 2.04 bits per heavy atom. The van der Waals surface area contributed by atoms with Gasteiger partial charge in [0, 0.05) is 52.6 Å². The van der Waals surface area contributed by atoms with Crippen molar-refractivity contribution in [1.82, 2.24) is 15.6 Å². The Balaban J connectivity index is 1.80. The molecule has 0 saturated carbocycles. The van der Waals surface area contributed by atoms with E-state index in [1.807, 2.05) is 13.1 Å². The Bertz CT molecular complexity index is 512. The lowest BCUT2D eigenvalue weighted by atomic mass is 10.2. The molecule has 1 aliphatic heterocycles. The minimum atomic E-state index is 0.745. The van der Waals surface area contributed by atoms with E-state index >= 15 is 0 Å². The number of ether oxygens (including phenoxy) is 1. The molecule has 0 spiro atoms. The highest BCUT2D eigenvalue weighted by Crippen LogP contribution is 2.18. The van der Waals surface area contributed by atoms with Gasteiger partial charge in [-0.3, -0.25) is 4.99 Å². The molecule has 1 aromatic rings. The van der Waals surface area contributed by atoms with Crippen molar-refractivity contribution < 1.29 is 4.74 Å². The van der Waals surface area contributed by atoms with Crippen molar-refractivity contribution in [3.8, 4) is 0 Å². The van der Waals surface area contributed by atoms with Crippen LogP contribution < -0.4 is 15.5 Å². The van der Waals surface area contributed by atoms with E-state index in [9.17, 15) is 0 Å². The van der Waals surface area contributed by atoms with Crippen molar-refractivity contribution in [1.29, 1.82) is 0 Å². The van der Waals surface area contributed by atoms with Crippen LogP contribution in [0.5, 0.6) is 0 Å². The summed E-state index contributed by atoms with van der Waals surface area (Å²) in [5.41, 5.74) is 1.23. The lowest BCUT2D eigenvalue weighted by Gasteiger charge is -2.22. The molecule has 0 amide bonds. The number of hydrogen-bond acceptors (Lipinski definition) is 4. The SMILES string of the molecule is CCOCCCNC(=NC)NCc1ccnc(N2CCCCCC2)c1. The molecule has 1 aromatic heterocycles. The number of aromatic nitrogens is 1. The number of nitrogens with zero attached hydrogens (tertiary/aromatic N) is 3. The van der Waals surface area contributed by atoms with Gasteiger partial charge < -0.3 is 20.3 Å². The molecule has 0 radical (unpaired) electrons. The third kappa shape index (κ3) is 7.30. The lowest BCUT2D eigenvalue weighted by Crippen LogP contribution is -2.37. The zero-order chi connectivity index (χ0) is 17.7. The molecule has 0 aliphatic carbocycles. The maximum Gasteiger partial charge on any atom is 0.191 e. The molecule has 0 aromatic carbocycles. The number of rotatable bonds is 8. The van der Waals surface area contributed by atoms with Crippen LogP contribution in [0.15, 0.2) is 23.3 Å². The van der Waals surface area contributed by atoms with Crippen LogP contribution >= 0.6 is 0 Å². The van der Waals surface area contributed by atoms with E-state index in [1.165, 1.54) is 31.2 Å². The number of nitrogens with one attached hydrogen (secondary N) is 2. The Morgan fingerprint density at radius 1 is 1.24 bits per heavy atom. The second-order valence-electron chi connectivity index (χ2n) is 6.33. The molecule has 1 fully saturated rings. The van der Waals surface area contributed by atoms with E-state index in [1.54, 1.807) is 7.05 Å². The summed E-state index contributed by atoms with van der Waals surface area (Å²) in [6, 6.07) is 4.26. The molecule has 1 aliphatic rings. The Labute approximate surface area is 152 Å². The molecule has 2 heterocycles. The summed E-state index contributed by atoms with van der Waals surface area (Å²) in [4.78, 5) is 11.3. The van der Waals surface area contributed by atoms with Gasteiger partial charge in [0.15, 0.2) is 5.96 Å². The van der Waals surface area contributed by atoms with Crippen LogP contribution in [0.4, 0.5) is 5.82 Å². The Morgan fingerprint density at radius 3 is 2.76 bits per heavy atom. The van der Waals surface area contributed by atoms with Gasteiger partial charge in [-0.2, -0.15) is 0 Å². The number of aliphatic imine (C=N–C) groups is 1. The number of anilines is 1. The molecule has 140 valence electrons. The first kappa shape index (κ1) is 19.5. The number of hydrogen-bond donors (Lipinski definition) is 2. The molecule has 0 unspecified atom stereocenters. The Kier molecular flexibility index (Phi) is 9.12. The van der Waals surface area contributed by atoms with Crippen molar-refractivity contribution in [2.45, 2.75) is 45.6 Å². The first-order valence-corrected chi connectivity index (χ1v) is 9.55. The molecular weight excluding hydrogens is 314 g/mol. The van der Waals surface area contributed by atoms with E-state index in [0.29, 0.717) is 0 Å². The molecule has 0 atom stereocenters. The molecule has 25 heavy (non-hydrogen) atoms. The minimum absolute atomic E-state index is 0.745. The second-order valence-corrected chi connectivity index (χ2v) is 6.33. The summed E-state index contributed by atoms with van der Waals surface area (Å²) in [5.74, 6) is 1.92. The quantitative estimate of drug-likeness (QED) is 0.430. The van der Waals surface area contributed by atoms with Crippen LogP contribution in [0.2, 0.25) is 0 Å². The zero-order valence-electron chi connectivity index (χ0n) is 15.8. The van der Waals surface area contributed by atoms with Crippen molar-refractivity contribution in [3.63, 3.8) is 0 Å². The fraction of sp³-hybridized carbons (Fsp3) is 0.684. The van der Waals surface area contributed by atoms with Crippen molar-refractivity contribution in [2.75, 3.05) is 44.8 Å². The minimum Gasteiger partial charge on any atom is -0.382 e. The van der Waals surface area contributed by atoms with Crippen LogP contribution in [0.3, 0.4) is 0 Å². The molecule has 0 bridgehead atoms. The smallest absolute Gasteiger partial charge is 0.191 e. The van der Waals surface area contributed by atoms with E-state index in [2.05, 4.69) is 37.6 Å². The fourth-order valence-electron chi connectivity index (χ4n) is 2.98. The topological polar surface area (TPSA) is 61.8 Å². The van der Waals surface area contributed by atoms with E-state index < -0.39 is 0 Å². The predicted molar refractivity (Wildman–Crippen MR) is 104 cm³/mol. The largest absolute Gasteiger partial charge is 0.382 e. The van der Waals surface area contributed by atoms with Gasteiger partial charge in [-0.1, -0.05) is 12.8 Å². The summed E-state index contributed by atoms with van der Waals surface area (Å²) in [7, 11) is 1.80. The molecule has 6 heteroatoms. The van der Waals surface area contributed by atoms with Crippen molar-refractivity contribution in [2.24, 2.45) is 4.99 Å². The van der Waals surface area contributed by atoms with E-state index in [-0.39, 0.29) is 0 Å². The van der Waals surface area contributed by atoms with Crippen molar-refractivity contribution in [3.05, 3.63) is 23.9 Å². The standard InChI is InChI=1S/C19H33N5O/c1-3-25-14-8-10-22-19(20-2)23-16-17-9-11-21-18(15-17)24-12-6-4-5-7-13-24/h9,11,15H,3-8,10,12-14,16H2,1-2H3,(H2,20,22,23). The summed E-state index contributed by atoms with van der Waals surface area (Å²) >= 11 is 0. The monoisotopic (exact) mass is 347 g/mol. The first-order valence-electron chi connectivity index (χ1n) is 9.55. The first-order chi connectivity index (χ1) is 12.3. The highest BCUT2D eigenvalue weighted by molar-refractivity contribution is 5.79. The molecule has 2 rings (SSSR count). The maximum atomic E-state index is 5.35. The maximum absolute atomic E-state index is 5.35. The Hall–Kier alpha value is -1.82. The molecule has 6 nitrogen and oxygen atoms in total. The van der Waals surface area contributed by atoms with Gasteiger partial charge in [0.25, 0.3) is 0 Å². The average Bonchev–Trinajstić information content (AvgIpc) is 2.94. The average molecular weight is 348 g/mol. The highest BCUT2D eigenvalue weighted by Gasteiger charge is 2.11. The van der Waals surface area contributed by atoms with Gasteiger partial charge in [0.1, 0.15) is 5.82 Å². The van der Waals surface area contributed by atoms with Gasteiger partial charge in [0.05, 0.1) is 0 Å². The van der Waals surface area contributed by atoms with Crippen LogP contribution in [0.1, 0.15) is 44.6 Å². The van der Waals surface area contributed by atoms with Crippen LogP contribution in [-0.2, 0) is 11.3 Å². The van der Waals surface area contributed by atoms with Gasteiger partial charge in [0.2, 0.25) is 0 Å². The third-order valence-electron chi connectivity index (χ3n) is 4.39. The predicted octanol–water partition coefficient (Wildman–Crippen LogP) is 2.55. The van der Waals surface area contributed by atoms with Crippen LogP contribution in [0, 0.1) is 0 Å². The molecule has 1 saturated heterocycles. The summed E-state index contributed by atoms with van der Waals surface area (Å²) in [6.45, 7) is 7.41. The number of guanidine groups is 1.